The molecule has 1 saturated carbocycles. The van der Waals surface area contributed by atoms with Crippen LogP contribution in [0.3, 0.4) is 0 Å². The maximum atomic E-state index is 10.9. The molecule has 2 nitrogen and oxygen atoms in total. The Morgan fingerprint density at radius 1 is 1.14 bits per heavy atom. The van der Waals surface area contributed by atoms with Gasteiger partial charge >= 0.3 is 0 Å². The van der Waals surface area contributed by atoms with Crippen molar-refractivity contribution in [2.45, 2.75) is 51.6 Å². The van der Waals surface area contributed by atoms with Crippen molar-refractivity contribution in [1.82, 2.24) is 4.98 Å². The van der Waals surface area contributed by atoms with Crippen molar-refractivity contribution >= 4 is 10.9 Å². The third-order valence-corrected chi connectivity index (χ3v) is 5.07. The molecule has 0 spiro atoms. The maximum Gasteiger partial charge on any atom is 0.0705 e. The van der Waals surface area contributed by atoms with Crippen LogP contribution in [-0.2, 0) is 6.42 Å². The molecule has 1 aromatic carbocycles. The van der Waals surface area contributed by atoms with Gasteiger partial charge in [-0.25, -0.2) is 0 Å². The predicted molar refractivity (Wildman–Crippen MR) is 87.2 cm³/mol. The summed E-state index contributed by atoms with van der Waals surface area (Å²) in [6, 6.07) is 12.3. The van der Waals surface area contributed by atoms with Gasteiger partial charge in [0, 0.05) is 17.5 Å². The lowest BCUT2D eigenvalue weighted by molar-refractivity contribution is -0.0152. The molecule has 1 fully saturated rings. The number of rotatable bonds is 3. The summed E-state index contributed by atoms with van der Waals surface area (Å²) in [4.78, 5) is 4.71. The Morgan fingerprint density at radius 3 is 2.57 bits per heavy atom. The quantitative estimate of drug-likeness (QED) is 0.908. The lowest BCUT2D eigenvalue weighted by Crippen LogP contribution is -2.37. The van der Waals surface area contributed by atoms with Gasteiger partial charge in [0.25, 0.3) is 0 Å². The van der Waals surface area contributed by atoms with Gasteiger partial charge in [0.05, 0.1) is 11.1 Å². The SMILES string of the molecule is CC(C)C1CCC(O)(Cc2ccc3ccccc3n2)CC1. The van der Waals surface area contributed by atoms with Gasteiger partial charge in [0.15, 0.2) is 0 Å². The van der Waals surface area contributed by atoms with Gasteiger partial charge < -0.3 is 5.11 Å². The monoisotopic (exact) mass is 283 g/mol. The third kappa shape index (κ3) is 3.26. The smallest absolute Gasteiger partial charge is 0.0705 e. The summed E-state index contributed by atoms with van der Waals surface area (Å²) < 4.78 is 0. The minimum Gasteiger partial charge on any atom is -0.389 e. The fourth-order valence-electron chi connectivity index (χ4n) is 3.56. The number of aliphatic hydroxyl groups is 1. The average Bonchev–Trinajstić information content (AvgIpc) is 2.47. The zero-order valence-corrected chi connectivity index (χ0v) is 13.0. The van der Waals surface area contributed by atoms with Gasteiger partial charge in [-0.15, -0.1) is 0 Å². The molecule has 1 aliphatic carbocycles. The molecule has 1 aromatic heterocycles. The number of nitrogens with zero attached hydrogens (tertiary/aromatic N) is 1. The lowest BCUT2D eigenvalue weighted by Gasteiger charge is -2.37. The van der Waals surface area contributed by atoms with Crippen molar-refractivity contribution in [3.63, 3.8) is 0 Å². The Hall–Kier alpha value is -1.41. The van der Waals surface area contributed by atoms with Gasteiger partial charge in [-0.2, -0.15) is 0 Å². The van der Waals surface area contributed by atoms with Gasteiger partial charge in [0.1, 0.15) is 0 Å². The first kappa shape index (κ1) is 14.5. The van der Waals surface area contributed by atoms with E-state index in [0.29, 0.717) is 6.42 Å². The highest BCUT2D eigenvalue weighted by molar-refractivity contribution is 5.78. The molecule has 2 heteroatoms. The Morgan fingerprint density at radius 2 is 1.86 bits per heavy atom. The van der Waals surface area contributed by atoms with Crippen LogP contribution >= 0.6 is 0 Å². The van der Waals surface area contributed by atoms with Crippen LogP contribution in [0.4, 0.5) is 0 Å². The fourth-order valence-corrected chi connectivity index (χ4v) is 3.56. The van der Waals surface area contributed by atoms with Crippen molar-refractivity contribution in [1.29, 1.82) is 0 Å². The van der Waals surface area contributed by atoms with E-state index in [0.717, 1.165) is 54.1 Å². The summed E-state index contributed by atoms with van der Waals surface area (Å²) in [7, 11) is 0. The Kier molecular flexibility index (Phi) is 3.99. The number of pyridine rings is 1. The van der Waals surface area contributed by atoms with Gasteiger partial charge in [-0.1, -0.05) is 38.1 Å². The molecule has 1 heterocycles. The van der Waals surface area contributed by atoms with E-state index >= 15 is 0 Å². The highest BCUT2D eigenvalue weighted by Gasteiger charge is 2.34. The molecule has 3 rings (SSSR count). The van der Waals surface area contributed by atoms with Crippen molar-refractivity contribution in [2.24, 2.45) is 11.8 Å². The molecule has 0 bridgehead atoms. The van der Waals surface area contributed by atoms with E-state index < -0.39 is 5.60 Å². The third-order valence-electron chi connectivity index (χ3n) is 5.07. The second-order valence-electron chi connectivity index (χ2n) is 6.98. The summed E-state index contributed by atoms with van der Waals surface area (Å²) in [6.45, 7) is 4.58. The van der Waals surface area contributed by atoms with Crippen LogP contribution in [-0.4, -0.2) is 15.7 Å². The lowest BCUT2D eigenvalue weighted by atomic mass is 9.73. The molecule has 0 saturated heterocycles. The molecule has 0 unspecified atom stereocenters. The topological polar surface area (TPSA) is 33.1 Å². The fraction of sp³-hybridized carbons (Fsp3) is 0.526. The Balaban J connectivity index is 1.73. The van der Waals surface area contributed by atoms with Gasteiger partial charge in [-0.05, 0) is 49.7 Å². The Labute approximate surface area is 127 Å². The van der Waals surface area contributed by atoms with Crippen LogP contribution in [0, 0.1) is 11.8 Å². The van der Waals surface area contributed by atoms with Crippen LogP contribution < -0.4 is 0 Å². The zero-order valence-electron chi connectivity index (χ0n) is 13.0. The number of aromatic nitrogens is 1. The van der Waals surface area contributed by atoms with Crippen LogP contribution in [0.1, 0.15) is 45.2 Å². The zero-order chi connectivity index (χ0) is 14.9. The van der Waals surface area contributed by atoms with Crippen LogP contribution in [0.25, 0.3) is 10.9 Å². The number of para-hydroxylation sites is 1. The summed E-state index contributed by atoms with van der Waals surface area (Å²) in [5.74, 6) is 1.50. The van der Waals surface area contributed by atoms with E-state index in [1.807, 2.05) is 18.2 Å². The molecule has 0 amide bonds. The molecule has 112 valence electrons. The van der Waals surface area contributed by atoms with E-state index in [1.165, 1.54) is 0 Å². The molecule has 0 atom stereocenters. The molecule has 1 aliphatic rings. The van der Waals surface area contributed by atoms with E-state index in [2.05, 4.69) is 32.0 Å². The van der Waals surface area contributed by atoms with E-state index in [-0.39, 0.29) is 0 Å². The molecule has 0 aliphatic heterocycles. The molecular formula is C19H25NO. The second-order valence-corrected chi connectivity index (χ2v) is 6.98. The van der Waals surface area contributed by atoms with Crippen LogP contribution in [0.15, 0.2) is 36.4 Å². The average molecular weight is 283 g/mol. The van der Waals surface area contributed by atoms with Crippen molar-refractivity contribution in [2.75, 3.05) is 0 Å². The summed E-state index contributed by atoms with van der Waals surface area (Å²) in [5.41, 5.74) is 1.48. The van der Waals surface area contributed by atoms with Gasteiger partial charge in [0.2, 0.25) is 0 Å². The highest BCUT2D eigenvalue weighted by atomic mass is 16.3. The largest absolute Gasteiger partial charge is 0.389 e. The van der Waals surface area contributed by atoms with E-state index in [1.54, 1.807) is 0 Å². The maximum absolute atomic E-state index is 10.9. The first-order valence-corrected chi connectivity index (χ1v) is 8.13. The minimum atomic E-state index is -0.555. The van der Waals surface area contributed by atoms with Crippen molar-refractivity contribution < 1.29 is 5.11 Å². The normalized spacial score (nSPS) is 26.4. The molecule has 2 aromatic rings. The summed E-state index contributed by atoms with van der Waals surface area (Å²) in [5, 5.41) is 12.0. The van der Waals surface area contributed by atoms with Crippen molar-refractivity contribution in [3.8, 4) is 0 Å². The highest BCUT2D eigenvalue weighted by Crippen LogP contribution is 2.37. The molecule has 1 N–H and O–H groups in total. The van der Waals surface area contributed by atoms with Crippen LogP contribution in [0.2, 0.25) is 0 Å². The first-order chi connectivity index (χ1) is 10.1. The summed E-state index contributed by atoms with van der Waals surface area (Å²) >= 11 is 0. The number of benzene rings is 1. The number of fused-ring (bicyclic) bond motifs is 1. The summed E-state index contributed by atoms with van der Waals surface area (Å²) in [6.07, 6.45) is 4.78. The van der Waals surface area contributed by atoms with Gasteiger partial charge in [-0.3, -0.25) is 4.98 Å². The number of hydrogen-bond donors (Lipinski definition) is 1. The Bertz CT molecular complexity index is 612. The van der Waals surface area contributed by atoms with E-state index in [9.17, 15) is 5.11 Å². The molecule has 0 radical (unpaired) electrons. The van der Waals surface area contributed by atoms with Crippen molar-refractivity contribution in [3.05, 3.63) is 42.1 Å². The first-order valence-electron chi connectivity index (χ1n) is 8.13. The predicted octanol–water partition coefficient (Wildman–Crippen LogP) is 4.35. The van der Waals surface area contributed by atoms with E-state index in [4.69, 9.17) is 4.98 Å². The standard InChI is InChI=1S/C19H25NO/c1-14(2)15-9-11-19(21,12-10-15)13-17-8-7-16-5-3-4-6-18(16)20-17/h3-8,14-15,21H,9-13H2,1-2H3. The second kappa shape index (κ2) is 5.76. The molecule has 21 heavy (non-hydrogen) atoms. The van der Waals surface area contributed by atoms with Crippen LogP contribution in [0.5, 0.6) is 0 Å². The molecular weight excluding hydrogens is 258 g/mol. The number of hydrogen-bond acceptors (Lipinski definition) is 2. The minimum absolute atomic E-state index is 0.555.